The lowest BCUT2D eigenvalue weighted by molar-refractivity contribution is 0.155. The average Bonchev–Trinajstić information content (AvgIpc) is 3.34. The third kappa shape index (κ3) is 2.70. The molecule has 2 aromatic heterocycles. The molecule has 2 N–H and O–H groups in total. The molecule has 7 heteroatoms. The number of benzene rings is 2. The van der Waals surface area contributed by atoms with Gasteiger partial charge in [-0.2, -0.15) is 0 Å². The van der Waals surface area contributed by atoms with E-state index in [0.29, 0.717) is 13.1 Å². The third-order valence-electron chi connectivity index (χ3n) is 5.74. The highest BCUT2D eigenvalue weighted by molar-refractivity contribution is 5.76. The standard InChI is InChI=1S/C20H23N7/c1-25-12-6-11-20(25,21)14-26-17-9-4-2-7-15(17)22-19(26)13-27-18-10-5-3-8-16(18)23-24-27/h2-5,7-10H,6,11-14,21H2,1H3/t20-/m0/s1. The van der Waals surface area contributed by atoms with Gasteiger partial charge in [0.05, 0.1) is 28.8 Å². The van der Waals surface area contributed by atoms with E-state index in [1.807, 2.05) is 35.0 Å². The fraction of sp³-hybridized carbons (Fsp3) is 0.350. The van der Waals surface area contributed by atoms with E-state index < -0.39 is 0 Å². The van der Waals surface area contributed by atoms with Crippen molar-refractivity contribution in [3.63, 3.8) is 0 Å². The molecule has 0 unspecified atom stereocenters. The molecule has 1 saturated heterocycles. The molecular formula is C20H23N7. The van der Waals surface area contributed by atoms with Crippen LogP contribution in [0.15, 0.2) is 48.5 Å². The summed E-state index contributed by atoms with van der Waals surface area (Å²) in [6.07, 6.45) is 2.12. The second-order valence-corrected chi connectivity index (χ2v) is 7.47. The Morgan fingerprint density at radius 3 is 2.56 bits per heavy atom. The second-order valence-electron chi connectivity index (χ2n) is 7.47. The number of imidazole rings is 1. The summed E-state index contributed by atoms with van der Waals surface area (Å²) in [6.45, 7) is 2.31. The van der Waals surface area contributed by atoms with Crippen molar-refractivity contribution in [3.05, 3.63) is 54.4 Å². The first-order valence-corrected chi connectivity index (χ1v) is 9.37. The van der Waals surface area contributed by atoms with Crippen LogP contribution < -0.4 is 5.73 Å². The maximum atomic E-state index is 6.76. The Bertz CT molecular complexity index is 1110. The number of nitrogens with zero attached hydrogens (tertiary/aromatic N) is 6. The fourth-order valence-corrected chi connectivity index (χ4v) is 4.10. The lowest BCUT2D eigenvalue weighted by Gasteiger charge is -2.33. The van der Waals surface area contributed by atoms with Crippen LogP contribution in [0.25, 0.3) is 22.1 Å². The largest absolute Gasteiger partial charge is 0.323 e. The highest BCUT2D eigenvalue weighted by Gasteiger charge is 2.36. The molecule has 1 aliphatic rings. The lowest BCUT2D eigenvalue weighted by Crippen LogP contribution is -2.53. The van der Waals surface area contributed by atoms with Crippen molar-refractivity contribution in [1.82, 2.24) is 29.4 Å². The zero-order valence-electron chi connectivity index (χ0n) is 15.4. The Morgan fingerprint density at radius 1 is 1.04 bits per heavy atom. The van der Waals surface area contributed by atoms with Crippen LogP contribution in [0.3, 0.4) is 0 Å². The average molecular weight is 361 g/mol. The minimum absolute atomic E-state index is 0.345. The van der Waals surface area contributed by atoms with Crippen LogP contribution in [0.5, 0.6) is 0 Å². The number of nitrogens with two attached hydrogens (primary N) is 1. The van der Waals surface area contributed by atoms with Gasteiger partial charge in [0.15, 0.2) is 0 Å². The zero-order valence-corrected chi connectivity index (χ0v) is 15.4. The van der Waals surface area contributed by atoms with Gasteiger partial charge in [-0.15, -0.1) is 5.10 Å². The van der Waals surface area contributed by atoms with Gasteiger partial charge < -0.3 is 10.3 Å². The summed E-state index contributed by atoms with van der Waals surface area (Å²) in [6, 6.07) is 16.2. The molecule has 0 spiro atoms. The Kier molecular flexibility index (Phi) is 3.73. The number of likely N-dealkylation sites (tertiary alicyclic amines) is 1. The van der Waals surface area contributed by atoms with E-state index in [4.69, 9.17) is 10.7 Å². The quantitative estimate of drug-likeness (QED) is 0.603. The van der Waals surface area contributed by atoms with Crippen molar-refractivity contribution in [1.29, 1.82) is 0 Å². The summed E-state index contributed by atoms with van der Waals surface area (Å²) in [5.74, 6) is 0.956. The summed E-state index contributed by atoms with van der Waals surface area (Å²) in [4.78, 5) is 7.15. The molecule has 27 heavy (non-hydrogen) atoms. The Morgan fingerprint density at radius 2 is 1.78 bits per heavy atom. The first kappa shape index (κ1) is 16.4. The van der Waals surface area contributed by atoms with Crippen molar-refractivity contribution in [2.24, 2.45) is 5.73 Å². The van der Waals surface area contributed by atoms with Crippen LogP contribution in [0, 0.1) is 0 Å². The lowest BCUT2D eigenvalue weighted by atomic mass is 10.1. The molecule has 0 aliphatic carbocycles. The van der Waals surface area contributed by atoms with E-state index in [0.717, 1.165) is 47.3 Å². The minimum Gasteiger partial charge on any atom is -0.323 e. The van der Waals surface area contributed by atoms with Crippen molar-refractivity contribution >= 4 is 22.1 Å². The van der Waals surface area contributed by atoms with Gasteiger partial charge in [-0.25, -0.2) is 9.67 Å². The third-order valence-corrected chi connectivity index (χ3v) is 5.74. The van der Waals surface area contributed by atoms with Gasteiger partial charge in [0.1, 0.15) is 17.9 Å². The van der Waals surface area contributed by atoms with Gasteiger partial charge in [-0.3, -0.25) is 4.90 Å². The highest BCUT2D eigenvalue weighted by Crippen LogP contribution is 2.27. The summed E-state index contributed by atoms with van der Waals surface area (Å²) in [5, 5.41) is 8.61. The number of fused-ring (bicyclic) bond motifs is 2. The molecule has 0 amide bonds. The summed E-state index contributed by atoms with van der Waals surface area (Å²) in [5.41, 5.74) is 10.4. The molecule has 138 valence electrons. The topological polar surface area (TPSA) is 77.8 Å². The number of rotatable bonds is 4. The minimum atomic E-state index is -0.345. The van der Waals surface area contributed by atoms with Crippen molar-refractivity contribution < 1.29 is 0 Å². The van der Waals surface area contributed by atoms with Crippen LogP contribution >= 0.6 is 0 Å². The van der Waals surface area contributed by atoms with Gasteiger partial charge in [-0.1, -0.05) is 29.5 Å². The van der Waals surface area contributed by atoms with Crippen LogP contribution in [0.2, 0.25) is 0 Å². The van der Waals surface area contributed by atoms with E-state index in [2.05, 4.69) is 45.0 Å². The van der Waals surface area contributed by atoms with Gasteiger partial charge >= 0.3 is 0 Å². The molecular weight excluding hydrogens is 338 g/mol. The van der Waals surface area contributed by atoms with E-state index in [9.17, 15) is 0 Å². The fourth-order valence-electron chi connectivity index (χ4n) is 4.10. The van der Waals surface area contributed by atoms with Crippen molar-refractivity contribution in [3.8, 4) is 0 Å². The molecule has 5 rings (SSSR count). The summed E-state index contributed by atoms with van der Waals surface area (Å²) in [7, 11) is 2.11. The summed E-state index contributed by atoms with van der Waals surface area (Å²) >= 11 is 0. The predicted molar refractivity (Wildman–Crippen MR) is 105 cm³/mol. The molecule has 4 aromatic rings. The number of para-hydroxylation sites is 3. The Hall–Kier alpha value is -2.77. The first-order chi connectivity index (χ1) is 13.1. The van der Waals surface area contributed by atoms with Crippen molar-refractivity contribution in [2.45, 2.75) is 31.6 Å². The number of hydrogen-bond acceptors (Lipinski definition) is 5. The maximum absolute atomic E-state index is 6.76. The zero-order chi connectivity index (χ0) is 18.4. The number of hydrogen-bond donors (Lipinski definition) is 1. The van der Waals surface area contributed by atoms with Crippen LogP contribution in [-0.4, -0.2) is 48.7 Å². The molecule has 0 radical (unpaired) electrons. The van der Waals surface area contributed by atoms with Crippen LogP contribution in [-0.2, 0) is 13.1 Å². The smallest absolute Gasteiger partial charge is 0.131 e. The maximum Gasteiger partial charge on any atom is 0.131 e. The van der Waals surface area contributed by atoms with E-state index in [1.165, 1.54) is 0 Å². The molecule has 1 atom stereocenters. The van der Waals surface area contributed by atoms with Crippen LogP contribution in [0.4, 0.5) is 0 Å². The van der Waals surface area contributed by atoms with E-state index >= 15 is 0 Å². The number of likely N-dealkylation sites (N-methyl/N-ethyl adjacent to an activating group) is 1. The van der Waals surface area contributed by atoms with Gasteiger partial charge in [-0.05, 0) is 50.7 Å². The molecule has 0 bridgehead atoms. The first-order valence-electron chi connectivity index (χ1n) is 9.37. The predicted octanol–water partition coefficient (Wildman–Crippen LogP) is 2.21. The normalized spacial score (nSPS) is 20.8. The Balaban J connectivity index is 1.59. The molecule has 1 aliphatic heterocycles. The molecule has 0 saturated carbocycles. The number of aromatic nitrogens is 5. The molecule has 7 nitrogen and oxygen atoms in total. The molecule has 2 aromatic carbocycles. The second kappa shape index (κ2) is 6.14. The monoisotopic (exact) mass is 361 g/mol. The molecule has 3 heterocycles. The van der Waals surface area contributed by atoms with Gasteiger partial charge in [0, 0.05) is 0 Å². The van der Waals surface area contributed by atoms with Gasteiger partial charge in [0.2, 0.25) is 0 Å². The van der Waals surface area contributed by atoms with Crippen LogP contribution in [0.1, 0.15) is 18.7 Å². The Labute approximate surface area is 157 Å². The van der Waals surface area contributed by atoms with E-state index in [-0.39, 0.29) is 5.66 Å². The van der Waals surface area contributed by atoms with Crippen molar-refractivity contribution in [2.75, 3.05) is 13.6 Å². The molecule has 1 fully saturated rings. The highest BCUT2D eigenvalue weighted by atomic mass is 15.4. The van der Waals surface area contributed by atoms with E-state index in [1.54, 1.807) is 0 Å². The summed E-state index contributed by atoms with van der Waals surface area (Å²) < 4.78 is 4.17. The SMILES string of the molecule is CN1CCC[C@@]1(N)Cn1c(Cn2nnc3ccccc32)nc2ccccc21. The van der Waals surface area contributed by atoms with Gasteiger partial charge in [0.25, 0.3) is 0 Å².